The van der Waals surface area contributed by atoms with Crippen molar-refractivity contribution in [3.05, 3.63) is 36.0 Å². The van der Waals surface area contributed by atoms with E-state index in [1.165, 1.54) is 14.0 Å². The van der Waals surface area contributed by atoms with Gasteiger partial charge in [0.15, 0.2) is 18.0 Å². The molecule has 0 saturated carbocycles. The maximum atomic E-state index is 14.0. The number of pyridine rings is 1. The molecule has 0 bridgehead atoms. The van der Waals surface area contributed by atoms with Gasteiger partial charge >= 0.3 is 23.9 Å². The molecular weight excluding hydrogens is 947 g/mol. The SMILES string of the molecule is CCC(=O)O[C@@H]1CC(=O)O[C@H](C)CCN(CCCc2ccnc3ccc(OC)cc23)C[C@H](O)[C@H](C)C[C@H](CC=O)[C@H]([C@@H]2O[C@H](C)[C@@H](O[C@@H]3C[C@@](C)(OC(C)=O)[C@@H](OC(=O)CC)[C@H](C)O3)[C@H](N(C)C)[C@H]2O)[C@@H]1OC. The first-order valence-corrected chi connectivity index (χ1v) is 26.0. The molecule has 73 heavy (non-hydrogen) atoms. The molecule has 2 aromatic rings. The number of likely N-dealkylation sites (N-methyl/N-ethyl adjacent to an activating group) is 1. The van der Waals surface area contributed by atoms with Crippen LogP contribution in [0.4, 0.5) is 0 Å². The zero-order valence-corrected chi connectivity index (χ0v) is 45.1. The average Bonchev–Trinajstić information content (AvgIpc) is 3.33. The minimum atomic E-state index is -1.36. The van der Waals surface area contributed by atoms with Crippen LogP contribution < -0.4 is 4.74 Å². The third-order valence-electron chi connectivity index (χ3n) is 14.9. The van der Waals surface area contributed by atoms with E-state index < -0.39 is 121 Å². The normalized spacial score (nSPS) is 34.2. The Morgan fingerprint density at radius 2 is 1.70 bits per heavy atom. The first-order valence-electron chi connectivity index (χ1n) is 26.0. The second-order valence-electron chi connectivity index (χ2n) is 20.6. The highest BCUT2D eigenvalue weighted by Crippen LogP contribution is 2.43. The van der Waals surface area contributed by atoms with Crippen LogP contribution in [0.5, 0.6) is 5.75 Å². The number of aliphatic hydroxyl groups is 2. The number of methoxy groups -OCH3 is 2. The molecule has 410 valence electrons. The molecule has 5 rings (SSSR count). The highest BCUT2D eigenvalue weighted by atomic mass is 16.7. The molecule has 19 heteroatoms. The molecule has 0 radical (unpaired) electrons. The minimum Gasteiger partial charge on any atom is -0.497 e. The lowest BCUT2D eigenvalue weighted by Crippen LogP contribution is -2.67. The van der Waals surface area contributed by atoms with E-state index >= 15 is 0 Å². The quantitative estimate of drug-likeness (QED) is 0.121. The largest absolute Gasteiger partial charge is 0.497 e. The summed E-state index contributed by atoms with van der Waals surface area (Å²) in [5.41, 5.74) is 0.648. The molecule has 3 aliphatic rings. The first-order chi connectivity index (χ1) is 34.7. The Bertz CT molecular complexity index is 2130. The first kappa shape index (κ1) is 59.5. The van der Waals surface area contributed by atoms with Crippen LogP contribution in [-0.4, -0.2) is 182 Å². The molecule has 3 saturated heterocycles. The summed E-state index contributed by atoms with van der Waals surface area (Å²) in [5.74, 6) is -3.53. The fourth-order valence-electron chi connectivity index (χ4n) is 11.2. The van der Waals surface area contributed by atoms with Gasteiger partial charge in [0, 0.05) is 70.3 Å². The number of fused-ring (bicyclic) bond motifs is 1. The van der Waals surface area contributed by atoms with Crippen molar-refractivity contribution in [2.75, 3.05) is 47.9 Å². The number of β-amino-alcohol motifs (C(OH)–C–C–N with tert-alkyl or cyclic N) is 1. The van der Waals surface area contributed by atoms with E-state index in [0.717, 1.165) is 41.3 Å². The minimum absolute atomic E-state index is 0.00704. The Hall–Kier alpha value is -4.34. The van der Waals surface area contributed by atoms with Crippen LogP contribution in [0, 0.1) is 17.8 Å². The maximum Gasteiger partial charge on any atom is 0.309 e. The summed E-state index contributed by atoms with van der Waals surface area (Å²) < 4.78 is 55.3. The van der Waals surface area contributed by atoms with Gasteiger partial charge < -0.3 is 67.4 Å². The molecule has 4 heterocycles. The lowest BCUT2D eigenvalue weighted by molar-refractivity contribution is -0.319. The summed E-state index contributed by atoms with van der Waals surface area (Å²) in [6.07, 6.45) is -6.22. The molecule has 0 amide bonds. The van der Waals surface area contributed by atoms with Crippen molar-refractivity contribution in [2.24, 2.45) is 17.8 Å². The van der Waals surface area contributed by atoms with Crippen molar-refractivity contribution in [1.82, 2.24) is 14.8 Å². The lowest BCUT2D eigenvalue weighted by Gasteiger charge is -2.53. The van der Waals surface area contributed by atoms with Crippen molar-refractivity contribution < 1.29 is 76.8 Å². The summed E-state index contributed by atoms with van der Waals surface area (Å²) in [7, 11) is 6.62. The second-order valence-corrected chi connectivity index (χ2v) is 20.6. The third-order valence-corrected chi connectivity index (χ3v) is 14.9. The number of cyclic esters (lactones) is 1. The Morgan fingerprint density at radius 3 is 2.34 bits per heavy atom. The lowest BCUT2D eigenvalue weighted by atomic mass is 9.71. The Labute approximate surface area is 431 Å². The number of nitrogens with zero attached hydrogens (tertiary/aromatic N) is 3. The van der Waals surface area contributed by atoms with Crippen molar-refractivity contribution in [3.63, 3.8) is 0 Å². The van der Waals surface area contributed by atoms with Gasteiger partial charge in [0.1, 0.15) is 36.5 Å². The van der Waals surface area contributed by atoms with E-state index in [2.05, 4.69) is 9.88 Å². The van der Waals surface area contributed by atoms with E-state index in [4.69, 9.17) is 42.6 Å². The Balaban J connectivity index is 1.48. The van der Waals surface area contributed by atoms with Gasteiger partial charge in [-0.05, 0) is 116 Å². The van der Waals surface area contributed by atoms with Crippen LogP contribution in [0.2, 0.25) is 0 Å². The van der Waals surface area contributed by atoms with Crippen molar-refractivity contribution in [1.29, 1.82) is 0 Å². The van der Waals surface area contributed by atoms with Crippen LogP contribution in [0.1, 0.15) is 112 Å². The smallest absolute Gasteiger partial charge is 0.309 e. The number of carbonyl (C=O) groups is 5. The third kappa shape index (κ3) is 15.6. The molecule has 0 aliphatic carbocycles. The molecule has 0 spiro atoms. The maximum absolute atomic E-state index is 14.0. The number of rotatable bonds is 17. The number of hydrogen-bond acceptors (Lipinski definition) is 19. The molecule has 0 unspecified atom stereocenters. The van der Waals surface area contributed by atoms with Crippen LogP contribution in [0.15, 0.2) is 30.5 Å². The number of esters is 4. The topological polar surface area (TPSA) is 228 Å². The summed E-state index contributed by atoms with van der Waals surface area (Å²) in [5, 5.41) is 25.9. The molecule has 19 nitrogen and oxygen atoms in total. The monoisotopic (exact) mass is 1030 g/mol. The number of hydrogen-bond donors (Lipinski definition) is 2. The van der Waals surface area contributed by atoms with E-state index in [-0.39, 0.29) is 45.1 Å². The predicted molar refractivity (Wildman–Crippen MR) is 268 cm³/mol. The number of carbonyl (C=O) groups excluding carboxylic acids is 5. The van der Waals surface area contributed by atoms with E-state index in [1.807, 2.05) is 31.2 Å². The van der Waals surface area contributed by atoms with E-state index in [9.17, 15) is 34.2 Å². The van der Waals surface area contributed by atoms with Crippen molar-refractivity contribution in [2.45, 2.75) is 192 Å². The van der Waals surface area contributed by atoms with Crippen LogP contribution in [0.3, 0.4) is 0 Å². The number of aromatic nitrogens is 1. The number of ether oxygens (including phenoxy) is 9. The number of aryl methyl sites for hydroxylation is 1. The molecule has 3 aliphatic heterocycles. The number of aldehydes is 1. The molecule has 1 aromatic heterocycles. The highest BCUT2D eigenvalue weighted by Gasteiger charge is 2.56. The fourth-order valence-corrected chi connectivity index (χ4v) is 11.2. The van der Waals surface area contributed by atoms with Gasteiger partial charge in [-0.15, -0.1) is 0 Å². The summed E-state index contributed by atoms with van der Waals surface area (Å²) >= 11 is 0. The predicted octanol–water partition coefficient (Wildman–Crippen LogP) is 4.99. The summed E-state index contributed by atoms with van der Waals surface area (Å²) in [4.78, 5) is 73.5. The Morgan fingerprint density at radius 1 is 0.986 bits per heavy atom. The molecular formula is C54H83N3O16. The molecule has 2 N–H and O–H groups in total. The zero-order chi connectivity index (χ0) is 53.7. The summed E-state index contributed by atoms with van der Waals surface area (Å²) in [6, 6.07) is 7.01. The van der Waals surface area contributed by atoms with E-state index in [1.54, 1.807) is 73.8 Å². The van der Waals surface area contributed by atoms with E-state index in [0.29, 0.717) is 19.5 Å². The van der Waals surface area contributed by atoms with Crippen LogP contribution >= 0.6 is 0 Å². The molecule has 1 aromatic carbocycles. The molecule has 3 fully saturated rings. The van der Waals surface area contributed by atoms with Gasteiger partial charge in [0.2, 0.25) is 0 Å². The standard InChI is InChI=1S/C54H83N3O16/c1-13-43(61)70-42-28-45(63)67-32(4)20-24-57(23-15-16-36-19-22-55-40-18-17-38(65-11)27-39(36)40)30-41(60)31(3)26-37(21-25-58)47(51(42)66-12)52-49(64)48(56(9)10)50(33(5)69-52)72-46-29-54(8,73-35(7)59)53(34(6)68-46)71-44(62)14-2/h17-19,22,25,27,31-34,37,41-42,46-53,60,64H,13-16,20-21,23-24,26,28-30H2,1-12H3/t31-,32-,33-,34+,37+,41+,42-,46-,47+,48-,49-,50-,51-,52+,53+,54-/m1/s1. The van der Waals surface area contributed by atoms with Crippen molar-refractivity contribution >= 4 is 41.1 Å². The van der Waals surface area contributed by atoms with Crippen LogP contribution in [-0.2, 0) is 68.3 Å². The molecule has 16 atom stereocenters. The van der Waals surface area contributed by atoms with Crippen LogP contribution in [0.25, 0.3) is 10.9 Å². The van der Waals surface area contributed by atoms with Gasteiger partial charge in [-0.2, -0.15) is 0 Å². The second kappa shape index (κ2) is 27.4. The van der Waals surface area contributed by atoms with Crippen molar-refractivity contribution in [3.8, 4) is 5.75 Å². The Kier molecular flexibility index (Phi) is 22.4. The van der Waals surface area contributed by atoms with Gasteiger partial charge in [-0.25, -0.2) is 0 Å². The zero-order valence-electron chi connectivity index (χ0n) is 45.1. The van der Waals surface area contributed by atoms with Gasteiger partial charge in [-0.3, -0.25) is 24.2 Å². The average molecular weight is 1030 g/mol. The fraction of sp³-hybridized carbons (Fsp3) is 0.741. The highest BCUT2D eigenvalue weighted by molar-refractivity contribution is 5.83. The summed E-state index contributed by atoms with van der Waals surface area (Å²) in [6.45, 7) is 14.9. The van der Waals surface area contributed by atoms with Gasteiger partial charge in [-0.1, -0.05) is 20.8 Å². The number of benzene rings is 1. The van der Waals surface area contributed by atoms with Gasteiger partial charge in [0.05, 0.1) is 55.6 Å². The number of aliphatic hydroxyl groups excluding tert-OH is 2. The van der Waals surface area contributed by atoms with Gasteiger partial charge in [0.25, 0.3) is 0 Å².